The first-order valence-electron chi connectivity index (χ1n) is 14.9. The Bertz CT molecular complexity index is 2150. The van der Waals surface area contributed by atoms with Gasteiger partial charge in [0.2, 0.25) is 0 Å². The summed E-state index contributed by atoms with van der Waals surface area (Å²) in [5.41, 5.74) is 11.4. The molecule has 4 heterocycles. The van der Waals surface area contributed by atoms with Crippen LogP contribution in [0.1, 0.15) is 23.1 Å². The fourth-order valence-corrected chi connectivity index (χ4v) is 6.34. The first kappa shape index (κ1) is 26.0. The molecule has 0 spiro atoms. The topological polar surface area (TPSA) is 58.7 Å². The van der Waals surface area contributed by atoms with Crippen LogP contribution < -0.4 is 4.90 Å². The van der Waals surface area contributed by atoms with Crippen LogP contribution in [0.25, 0.3) is 39.4 Å². The Balaban J connectivity index is 1.35. The van der Waals surface area contributed by atoms with Gasteiger partial charge in [-0.25, -0.2) is 15.0 Å². The number of para-hydroxylation sites is 2. The van der Waals surface area contributed by atoms with Crippen LogP contribution in [0.15, 0.2) is 137 Å². The predicted molar refractivity (Wildman–Crippen MR) is 180 cm³/mol. The van der Waals surface area contributed by atoms with E-state index in [2.05, 4.69) is 126 Å². The Kier molecular flexibility index (Phi) is 6.26. The number of hydrogen-bond donors (Lipinski definition) is 0. The molecule has 212 valence electrons. The number of imidazole rings is 1. The van der Waals surface area contributed by atoms with Gasteiger partial charge >= 0.3 is 0 Å². The van der Waals surface area contributed by atoms with Gasteiger partial charge in [-0.3, -0.25) is 14.5 Å². The van der Waals surface area contributed by atoms with E-state index in [0.717, 1.165) is 74.1 Å². The average molecular weight is 571 g/mol. The lowest BCUT2D eigenvalue weighted by Gasteiger charge is -2.29. The van der Waals surface area contributed by atoms with Crippen molar-refractivity contribution in [2.75, 3.05) is 4.90 Å². The van der Waals surface area contributed by atoms with Gasteiger partial charge in [0, 0.05) is 35.6 Å². The number of aromatic nitrogens is 3. The largest absolute Gasteiger partial charge is 0.297 e. The molecular weight excluding hydrogens is 540 g/mol. The monoisotopic (exact) mass is 570 g/mol. The highest BCUT2D eigenvalue weighted by atomic mass is 15.3. The van der Waals surface area contributed by atoms with Crippen molar-refractivity contribution < 1.29 is 0 Å². The molecule has 2 aliphatic heterocycles. The molecule has 0 radical (unpaired) electrons. The van der Waals surface area contributed by atoms with Crippen LogP contribution in [-0.4, -0.2) is 32.8 Å². The molecule has 0 fully saturated rings. The molecule has 0 amide bonds. The van der Waals surface area contributed by atoms with Crippen molar-refractivity contribution in [2.45, 2.75) is 26.4 Å². The van der Waals surface area contributed by atoms with E-state index in [9.17, 15) is 0 Å². The van der Waals surface area contributed by atoms with Crippen molar-refractivity contribution in [3.8, 4) is 28.2 Å². The minimum atomic E-state index is -0.181. The van der Waals surface area contributed by atoms with Crippen LogP contribution in [0, 0.1) is 13.8 Å². The molecule has 6 heteroatoms. The minimum Gasteiger partial charge on any atom is -0.297 e. The van der Waals surface area contributed by atoms with Gasteiger partial charge in [-0.2, -0.15) is 0 Å². The zero-order valence-corrected chi connectivity index (χ0v) is 24.6. The van der Waals surface area contributed by atoms with Gasteiger partial charge in [0.05, 0.1) is 11.4 Å². The zero-order chi connectivity index (χ0) is 29.6. The lowest BCUT2D eigenvalue weighted by atomic mass is 9.93. The highest BCUT2D eigenvalue weighted by Gasteiger charge is 2.36. The molecular formula is C38H30N6. The molecule has 6 nitrogen and oxygen atoms in total. The van der Waals surface area contributed by atoms with E-state index >= 15 is 0 Å². The molecule has 2 aromatic heterocycles. The maximum atomic E-state index is 5.24. The fourth-order valence-electron chi connectivity index (χ4n) is 6.34. The van der Waals surface area contributed by atoms with Crippen molar-refractivity contribution in [3.63, 3.8) is 0 Å². The molecule has 44 heavy (non-hydrogen) atoms. The molecule has 8 rings (SSSR count). The highest BCUT2D eigenvalue weighted by Crippen LogP contribution is 2.40. The maximum absolute atomic E-state index is 5.24. The van der Waals surface area contributed by atoms with E-state index in [4.69, 9.17) is 20.0 Å². The van der Waals surface area contributed by atoms with E-state index < -0.39 is 0 Å². The van der Waals surface area contributed by atoms with Gasteiger partial charge in [0.25, 0.3) is 0 Å². The second-order valence-electron chi connectivity index (χ2n) is 11.2. The van der Waals surface area contributed by atoms with Gasteiger partial charge in [0.1, 0.15) is 17.2 Å². The lowest BCUT2D eigenvalue weighted by Crippen LogP contribution is -2.36. The van der Waals surface area contributed by atoms with Crippen LogP contribution in [0.3, 0.4) is 0 Å². The Morgan fingerprint density at radius 2 is 1.30 bits per heavy atom. The molecule has 0 N–H and O–H groups in total. The SMILES string of the molecule is Cc1ccccc1N1C(c2ccccc2-c2ccccc2-c2nc3cccnc3n2-c2ccccc2C)=NC2=CCC=NC21. The summed E-state index contributed by atoms with van der Waals surface area (Å²) < 4.78 is 2.19. The summed E-state index contributed by atoms with van der Waals surface area (Å²) in [6.45, 7) is 4.27. The number of dihydropyridines is 1. The van der Waals surface area contributed by atoms with E-state index in [-0.39, 0.29) is 6.17 Å². The van der Waals surface area contributed by atoms with E-state index in [1.165, 1.54) is 5.56 Å². The number of aliphatic imine (C=N–C) groups is 2. The standard InChI is InChI=1S/C38H30N6/c1-25-13-3-9-21-33(25)43-35(41-31-19-11-23-39-37(31)43)29-17-7-5-15-27(29)28-16-6-8-18-30(28)36-42-32-20-12-24-40-38(32)44(36)34-22-10-4-14-26(34)2/h3-11,13-24,38H,12H2,1-2H3. The van der Waals surface area contributed by atoms with Gasteiger partial charge in [-0.1, -0.05) is 91.0 Å². The Hall–Kier alpha value is -5.62. The smallest absolute Gasteiger partial charge is 0.168 e. The summed E-state index contributed by atoms with van der Waals surface area (Å²) >= 11 is 0. The number of pyridine rings is 1. The van der Waals surface area contributed by atoms with E-state index in [0.29, 0.717) is 0 Å². The van der Waals surface area contributed by atoms with E-state index in [1.807, 2.05) is 24.5 Å². The number of amidine groups is 1. The first-order valence-corrected chi connectivity index (χ1v) is 14.9. The second kappa shape index (κ2) is 10.6. The number of nitrogens with zero attached hydrogens (tertiary/aromatic N) is 6. The van der Waals surface area contributed by atoms with Crippen molar-refractivity contribution in [2.24, 2.45) is 9.98 Å². The summed E-state index contributed by atoms with van der Waals surface area (Å²) in [6.07, 6.45) is 6.61. The Labute approximate surface area is 256 Å². The second-order valence-corrected chi connectivity index (χ2v) is 11.2. The third-order valence-electron chi connectivity index (χ3n) is 8.42. The number of hydrogen-bond acceptors (Lipinski definition) is 5. The van der Waals surface area contributed by atoms with Gasteiger partial charge in [-0.15, -0.1) is 0 Å². The van der Waals surface area contributed by atoms with Crippen molar-refractivity contribution in [1.29, 1.82) is 0 Å². The maximum Gasteiger partial charge on any atom is 0.168 e. The molecule has 0 saturated carbocycles. The Morgan fingerprint density at radius 3 is 2.05 bits per heavy atom. The van der Waals surface area contributed by atoms with Crippen LogP contribution in [0.4, 0.5) is 5.69 Å². The zero-order valence-electron chi connectivity index (χ0n) is 24.6. The molecule has 2 aliphatic rings. The third kappa shape index (κ3) is 4.18. The van der Waals surface area contributed by atoms with Crippen molar-refractivity contribution in [1.82, 2.24) is 14.5 Å². The number of aryl methyl sites for hydroxylation is 2. The molecule has 1 unspecified atom stereocenters. The van der Waals surface area contributed by atoms with Crippen LogP contribution in [0.2, 0.25) is 0 Å². The average Bonchev–Trinajstić information content (AvgIpc) is 3.64. The van der Waals surface area contributed by atoms with Crippen LogP contribution in [-0.2, 0) is 0 Å². The summed E-state index contributed by atoms with van der Waals surface area (Å²) in [6, 6.07) is 37.9. The quantitative estimate of drug-likeness (QED) is 0.209. The Morgan fingerprint density at radius 1 is 0.659 bits per heavy atom. The molecule has 6 aromatic rings. The molecule has 0 saturated heterocycles. The van der Waals surface area contributed by atoms with Crippen LogP contribution >= 0.6 is 0 Å². The van der Waals surface area contributed by atoms with E-state index in [1.54, 1.807) is 0 Å². The number of anilines is 1. The third-order valence-corrected chi connectivity index (χ3v) is 8.42. The lowest BCUT2D eigenvalue weighted by molar-refractivity contribution is 0.811. The molecule has 1 atom stereocenters. The number of fused-ring (bicyclic) bond motifs is 2. The van der Waals surface area contributed by atoms with Crippen molar-refractivity contribution in [3.05, 3.63) is 144 Å². The summed E-state index contributed by atoms with van der Waals surface area (Å²) in [5, 5.41) is 0. The molecule has 0 bridgehead atoms. The van der Waals surface area contributed by atoms with Gasteiger partial charge in [-0.05, 0) is 60.4 Å². The van der Waals surface area contributed by atoms with Gasteiger partial charge in [0.15, 0.2) is 11.8 Å². The summed E-state index contributed by atoms with van der Waals surface area (Å²) in [4.78, 5) is 22.4. The van der Waals surface area contributed by atoms with Gasteiger partial charge < -0.3 is 0 Å². The predicted octanol–water partition coefficient (Wildman–Crippen LogP) is 8.32. The molecule has 0 aliphatic carbocycles. The number of benzene rings is 4. The minimum absolute atomic E-state index is 0.181. The normalized spacial score (nSPS) is 15.8. The summed E-state index contributed by atoms with van der Waals surface area (Å²) in [7, 11) is 0. The summed E-state index contributed by atoms with van der Waals surface area (Å²) in [5.74, 6) is 1.75. The fraction of sp³-hybridized carbons (Fsp3) is 0.105. The number of allylic oxidation sites excluding steroid dienone is 1. The number of rotatable bonds is 5. The highest BCUT2D eigenvalue weighted by molar-refractivity contribution is 6.17. The molecule has 4 aromatic carbocycles. The van der Waals surface area contributed by atoms with Crippen LogP contribution in [0.5, 0.6) is 0 Å². The first-order chi connectivity index (χ1) is 21.7. The van der Waals surface area contributed by atoms with Crippen molar-refractivity contribution >= 4 is 28.9 Å².